The van der Waals surface area contributed by atoms with Gasteiger partial charge in [-0.3, -0.25) is 19.3 Å². The van der Waals surface area contributed by atoms with Crippen LogP contribution in [0.2, 0.25) is 0 Å². The van der Waals surface area contributed by atoms with Crippen LogP contribution in [0.3, 0.4) is 0 Å². The summed E-state index contributed by atoms with van der Waals surface area (Å²) >= 11 is 0. The first-order chi connectivity index (χ1) is 9.31. The van der Waals surface area contributed by atoms with Gasteiger partial charge in [0.1, 0.15) is 0 Å². The summed E-state index contributed by atoms with van der Waals surface area (Å²) in [6.45, 7) is 3.50. The van der Waals surface area contributed by atoms with E-state index in [9.17, 15) is 14.4 Å². The molecular weight excluding hydrogens is 258 g/mol. The maximum absolute atomic E-state index is 12.2. The molecule has 0 radical (unpaired) electrons. The molecule has 1 aliphatic heterocycles. The molecule has 0 atom stereocenters. The van der Waals surface area contributed by atoms with Crippen molar-refractivity contribution in [2.45, 2.75) is 33.1 Å². The molecule has 0 spiro atoms. The second kappa shape index (κ2) is 5.07. The van der Waals surface area contributed by atoms with Crippen LogP contribution in [0.5, 0.6) is 0 Å². The minimum Gasteiger partial charge on any atom is -0.481 e. The Morgan fingerprint density at radius 1 is 1.35 bits per heavy atom. The second-order valence-electron chi connectivity index (χ2n) is 5.66. The predicted molar refractivity (Wildman–Crippen MR) is 73.3 cm³/mol. The molecule has 0 bridgehead atoms. The standard InChI is InChI=1S/C15H17NO4/c1-15(2)9-12(17)16(14(15)20)11-5-3-4-10(8-11)6-7-13(18)19/h3-5,8H,6-7,9H2,1-2H3,(H,18,19). The number of hydrogen-bond donors (Lipinski definition) is 1. The molecule has 0 aromatic heterocycles. The Morgan fingerprint density at radius 3 is 2.60 bits per heavy atom. The number of benzene rings is 1. The van der Waals surface area contributed by atoms with Gasteiger partial charge in [-0.1, -0.05) is 26.0 Å². The number of carboxylic acids is 1. The Kier molecular flexibility index (Phi) is 3.61. The summed E-state index contributed by atoms with van der Waals surface area (Å²) in [5.41, 5.74) is 0.650. The number of nitrogens with zero attached hydrogens (tertiary/aromatic N) is 1. The molecule has 20 heavy (non-hydrogen) atoms. The Morgan fingerprint density at radius 2 is 2.05 bits per heavy atom. The topological polar surface area (TPSA) is 74.7 Å². The lowest BCUT2D eigenvalue weighted by Crippen LogP contribution is -2.32. The van der Waals surface area contributed by atoms with Gasteiger partial charge in [-0.15, -0.1) is 0 Å². The highest BCUT2D eigenvalue weighted by molar-refractivity contribution is 6.22. The molecule has 0 aliphatic carbocycles. The number of imide groups is 1. The van der Waals surface area contributed by atoms with E-state index in [4.69, 9.17) is 5.11 Å². The minimum absolute atomic E-state index is 0.0246. The quantitative estimate of drug-likeness (QED) is 0.853. The maximum atomic E-state index is 12.2. The largest absolute Gasteiger partial charge is 0.481 e. The lowest BCUT2D eigenvalue weighted by atomic mass is 9.92. The average molecular weight is 275 g/mol. The lowest BCUT2D eigenvalue weighted by Gasteiger charge is -2.18. The van der Waals surface area contributed by atoms with Gasteiger partial charge in [0.2, 0.25) is 11.8 Å². The highest BCUT2D eigenvalue weighted by Gasteiger charge is 2.45. The summed E-state index contributed by atoms with van der Waals surface area (Å²) in [6.07, 6.45) is 0.602. The summed E-state index contributed by atoms with van der Waals surface area (Å²) < 4.78 is 0. The number of rotatable bonds is 4. The van der Waals surface area contributed by atoms with Crippen LogP contribution in [-0.4, -0.2) is 22.9 Å². The van der Waals surface area contributed by atoms with E-state index in [1.165, 1.54) is 4.90 Å². The number of carbonyl (C=O) groups excluding carboxylic acids is 2. The molecule has 1 aliphatic rings. The SMILES string of the molecule is CC1(C)CC(=O)N(c2cccc(CCC(=O)O)c2)C1=O. The molecule has 5 heteroatoms. The monoisotopic (exact) mass is 275 g/mol. The highest BCUT2D eigenvalue weighted by Crippen LogP contribution is 2.35. The normalized spacial score (nSPS) is 17.6. The van der Waals surface area contributed by atoms with E-state index in [0.29, 0.717) is 12.1 Å². The molecule has 0 saturated carbocycles. The van der Waals surface area contributed by atoms with Crippen molar-refractivity contribution in [2.24, 2.45) is 5.41 Å². The van der Waals surface area contributed by atoms with Crippen LogP contribution < -0.4 is 4.90 Å². The molecule has 1 N–H and O–H groups in total. The van der Waals surface area contributed by atoms with Crippen LogP contribution in [-0.2, 0) is 20.8 Å². The van der Waals surface area contributed by atoms with Gasteiger partial charge in [0.15, 0.2) is 0 Å². The molecule has 1 heterocycles. The fourth-order valence-electron chi connectivity index (χ4n) is 2.31. The molecule has 1 aromatic carbocycles. The molecule has 2 amide bonds. The number of aliphatic carboxylic acids is 1. The van der Waals surface area contributed by atoms with E-state index in [1.807, 2.05) is 0 Å². The molecular formula is C15H17NO4. The van der Waals surface area contributed by atoms with Crippen molar-refractivity contribution in [2.75, 3.05) is 4.90 Å². The Labute approximate surface area is 117 Å². The fourth-order valence-corrected chi connectivity index (χ4v) is 2.31. The van der Waals surface area contributed by atoms with Gasteiger partial charge in [0.05, 0.1) is 11.1 Å². The Hall–Kier alpha value is -2.17. The van der Waals surface area contributed by atoms with Gasteiger partial charge in [-0.25, -0.2) is 0 Å². The Bertz CT molecular complexity index is 577. The second-order valence-corrected chi connectivity index (χ2v) is 5.66. The maximum Gasteiger partial charge on any atom is 0.303 e. The smallest absolute Gasteiger partial charge is 0.303 e. The number of hydrogen-bond acceptors (Lipinski definition) is 3. The van der Waals surface area contributed by atoms with Crippen molar-refractivity contribution < 1.29 is 19.5 Å². The van der Waals surface area contributed by atoms with E-state index in [2.05, 4.69) is 0 Å². The van der Waals surface area contributed by atoms with Gasteiger partial charge >= 0.3 is 5.97 Å². The number of aryl methyl sites for hydroxylation is 1. The van der Waals surface area contributed by atoms with E-state index < -0.39 is 11.4 Å². The molecule has 1 fully saturated rings. The zero-order chi connectivity index (χ0) is 14.9. The lowest BCUT2D eigenvalue weighted by molar-refractivity contribution is -0.137. The van der Waals surface area contributed by atoms with Gasteiger partial charge < -0.3 is 5.11 Å². The summed E-state index contributed by atoms with van der Waals surface area (Å²) in [5, 5.41) is 8.69. The van der Waals surface area contributed by atoms with Crippen LogP contribution in [0.4, 0.5) is 5.69 Å². The van der Waals surface area contributed by atoms with Crippen LogP contribution >= 0.6 is 0 Å². The minimum atomic E-state index is -0.870. The van der Waals surface area contributed by atoms with Gasteiger partial charge in [0, 0.05) is 12.8 Å². The van der Waals surface area contributed by atoms with Crippen molar-refractivity contribution in [3.63, 3.8) is 0 Å². The third kappa shape index (κ3) is 2.71. The molecule has 5 nitrogen and oxygen atoms in total. The van der Waals surface area contributed by atoms with Crippen molar-refractivity contribution in [3.05, 3.63) is 29.8 Å². The number of carboxylic acid groups (broad SMARTS) is 1. The van der Waals surface area contributed by atoms with E-state index in [1.54, 1.807) is 38.1 Å². The number of anilines is 1. The van der Waals surface area contributed by atoms with E-state index in [0.717, 1.165) is 5.56 Å². The van der Waals surface area contributed by atoms with Crippen molar-refractivity contribution in [1.82, 2.24) is 0 Å². The molecule has 106 valence electrons. The predicted octanol–water partition coefficient (Wildman–Crippen LogP) is 1.99. The number of amides is 2. The van der Waals surface area contributed by atoms with Crippen molar-refractivity contribution in [1.29, 1.82) is 0 Å². The van der Waals surface area contributed by atoms with Crippen LogP contribution in [0.25, 0.3) is 0 Å². The van der Waals surface area contributed by atoms with Gasteiger partial charge in [-0.05, 0) is 24.1 Å². The van der Waals surface area contributed by atoms with Gasteiger partial charge in [-0.2, -0.15) is 0 Å². The summed E-state index contributed by atoms with van der Waals surface area (Å²) in [5.74, 6) is -1.29. The first kappa shape index (κ1) is 14.2. The van der Waals surface area contributed by atoms with Crippen LogP contribution in [0.15, 0.2) is 24.3 Å². The third-order valence-electron chi connectivity index (χ3n) is 3.42. The summed E-state index contributed by atoms with van der Waals surface area (Å²) in [4.78, 5) is 36.0. The Balaban J connectivity index is 2.25. The highest BCUT2D eigenvalue weighted by atomic mass is 16.4. The fraction of sp³-hybridized carbons (Fsp3) is 0.400. The molecule has 1 aromatic rings. The van der Waals surface area contributed by atoms with Crippen LogP contribution in [0, 0.1) is 5.41 Å². The zero-order valence-electron chi connectivity index (χ0n) is 11.5. The van der Waals surface area contributed by atoms with E-state index >= 15 is 0 Å². The molecule has 2 rings (SSSR count). The summed E-state index contributed by atoms with van der Waals surface area (Å²) in [7, 11) is 0. The first-order valence-corrected chi connectivity index (χ1v) is 6.49. The van der Waals surface area contributed by atoms with Crippen molar-refractivity contribution in [3.8, 4) is 0 Å². The van der Waals surface area contributed by atoms with Crippen molar-refractivity contribution >= 4 is 23.5 Å². The van der Waals surface area contributed by atoms with Crippen LogP contribution in [0.1, 0.15) is 32.3 Å². The first-order valence-electron chi connectivity index (χ1n) is 6.49. The number of carbonyl (C=O) groups is 3. The average Bonchev–Trinajstić information content (AvgIpc) is 2.56. The van der Waals surface area contributed by atoms with Gasteiger partial charge in [0.25, 0.3) is 0 Å². The third-order valence-corrected chi connectivity index (χ3v) is 3.42. The molecule has 1 saturated heterocycles. The van der Waals surface area contributed by atoms with E-state index in [-0.39, 0.29) is 24.7 Å². The summed E-state index contributed by atoms with van der Waals surface area (Å²) in [6, 6.07) is 6.93. The molecule has 0 unspecified atom stereocenters. The zero-order valence-corrected chi connectivity index (χ0v) is 11.5.